The number of halogens is 2. The maximum absolute atomic E-state index is 12.3. The van der Waals surface area contributed by atoms with Gasteiger partial charge in [0.2, 0.25) is 21.8 Å². The third kappa shape index (κ3) is 3.46. The van der Waals surface area contributed by atoms with Crippen molar-refractivity contribution in [2.45, 2.75) is 23.8 Å². The lowest BCUT2D eigenvalue weighted by molar-refractivity contribution is -0.134. The molecule has 2 rings (SSSR count). The Balaban J connectivity index is 2.25. The van der Waals surface area contributed by atoms with Crippen molar-refractivity contribution in [3.05, 3.63) is 27.1 Å². The Morgan fingerprint density at radius 1 is 1.25 bits per heavy atom. The Labute approximate surface area is 132 Å². The van der Waals surface area contributed by atoms with E-state index in [1.165, 1.54) is 6.07 Å². The van der Waals surface area contributed by atoms with Crippen molar-refractivity contribution in [3.8, 4) is 0 Å². The number of sulfonamides is 1. The van der Waals surface area contributed by atoms with Gasteiger partial charge in [-0.25, -0.2) is 8.42 Å². The van der Waals surface area contributed by atoms with Crippen LogP contribution in [-0.4, -0.2) is 26.3 Å². The highest BCUT2D eigenvalue weighted by Crippen LogP contribution is 2.26. The minimum absolute atomic E-state index is 0.0246. The molecule has 2 N–H and O–H groups in total. The fourth-order valence-corrected chi connectivity index (χ4v) is 4.47. The topological polar surface area (TPSA) is 92.3 Å². The fraction of sp³-hybridized carbons (Fsp3) is 0.273. The van der Waals surface area contributed by atoms with E-state index in [9.17, 15) is 18.0 Å². The number of carbonyl (C=O) groups is 2. The van der Waals surface area contributed by atoms with Crippen LogP contribution in [0.25, 0.3) is 0 Å². The predicted molar refractivity (Wildman–Crippen MR) is 78.3 cm³/mol. The third-order valence-corrected chi connectivity index (χ3v) is 5.68. The smallest absolute Gasteiger partial charge is 0.244 e. The molecule has 9 heteroatoms. The zero-order valence-corrected chi connectivity index (χ0v) is 14.0. The van der Waals surface area contributed by atoms with Crippen molar-refractivity contribution in [1.82, 2.24) is 10.0 Å². The zero-order valence-electron chi connectivity index (χ0n) is 10.0. The second-order valence-corrected chi connectivity index (χ2v) is 7.65. The van der Waals surface area contributed by atoms with Gasteiger partial charge >= 0.3 is 0 Å². The number of amides is 2. The van der Waals surface area contributed by atoms with Gasteiger partial charge in [-0.15, -0.1) is 0 Å². The number of imide groups is 1. The second kappa shape index (κ2) is 5.92. The lowest BCUT2D eigenvalue weighted by Crippen LogP contribution is -2.52. The summed E-state index contributed by atoms with van der Waals surface area (Å²) in [4.78, 5) is 22.6. The van der Waals surface area contributed by atoms with Crippen LogP contribution in [0.1, 0.15) is 12.8 Å². The highest BCUT2D eigenvalue weighted by atomic mass is 79.9. The van der Waals surface area contributed by atoms with E-state index in [1.54, 1.807) is 12.1 Å². The molecule has 1 heterocycles. The van der Waals surface area contributed by atoms with Crippen molar-refractivity contribution in [2.75, 3.05) is 0 Å². The Kier molecular flexibility index (Phi) is 4.62. The standard InChI is InChI=1S/C11H10Br2N2O4S/c12-6-1-2-7(13)9(5-6)20(18,19)15-8-3-4-10(16)14-11(8)17/h1-2,5,8,15H,3-4H2,(H,14,16,17). The average molecular weight is 426 g/mol. The van der Waals surface area contributed by atoms with Gasteiger partial charge < -0.3 is 0 Å². The summed E-state index contributed by atoms with van der Waals surface area (Å²) in [6, 6.07) is 3.76. The van der Waals surface area contributed by atoms with Crippen LogP contribution in [0.4, 0.5) is 0 Å². The quantitative estimate of drug-likeness (QED) is 0.713. The molecule has 1 aliphatic rings. The van der Waals surface area contributed by atoms with Crippen LogP contribution < -0.4 is 10.0 Å². The SMILES string of the molecule is O=C1CCC(NS(=O)(=O)c2cc(Br)ccc2Br)C(=O)N1. The van der Waals surface area contributed by atoms with Gasteiger partial charge in [0.1, 0.15) is 6.04 Å². The third-order valence-electron chi connectivity index (χ3n) is 2.72. The second-order valence-electron chi connectivity index (χ2n) is 4.20. The molecule has 6 nitrogen and oxygen atoms in total. The molecule has 1 fully saturated rings. The molecule has 2 amide bonds. The summed E-state index contributed by atoms with van der Waals surface area (Å²) in [5, 5.41) is 2.10. The van der Waals surface area contributed by atoms with Crippen LogP contribution in [0.5, 0.6) is 0 Å². The van der Waals surface area contributed by atoms with E-state index in [0.29, 0.717) is 8.95 Å². The number of piperidine rings is 1. The number of rotatable bonds is 3. The molecule has 0 aliphatic carbocycles. The van der Waals surface area contributed by atoms with Gasteiger partial charge in [0.15, 0.2) is 0 Å². The Morgan fingerprint density at radius 3 is 2.60 bits per heavy atom. The molecule has 108 valence electrons. The number of nitrogens with one attached hydrogen (secondary N) is 2. The molecule has 1 unspecified atom stereocenters. The minimum atomic E-state index is -3.86. The summed E-state index contributed by atoms with van der Waals surface area (Å²) in [6.45, 7) is 0. The van der Waals surface area contributed by atoms with Crippen LogP contribution in [-0.2, 0) is 19.6 Å². The van der Waals surface area contributed by atoms with E-state index in [-0.39, 0.29) is 17.7 Å². The van der Waals surface area contributed by atoms with E-state index in [0.717, 1.165) is 0 Å². The number of hydrogen-bond acceptors (Lipinski definition) is 4. The first-order valence-corrected chi connectivity index (χ1v) is 8.67. The molecule has 0 spiro atoms. The van der Waals surface area contributed by atoms with Crippen molar-refractivity contribution >= 4 is 53.7 Å². The Hall–Kier alpha value is -0.770. The molecular weight excluding hydrogens is 416 g/mol. The molecule has 0 radical (unpaired) electrons. The summed E-state index contributed by atoms with van der Waals surface area (Å²) in [6.07, 6.45) is 0.258. The molecule has 1 saturated heterocycles. The highest BCUT2D eigenvalue weighted by molar-refractivity contribution is 9.11. The maximum Gasteiger partial charge on any atom is 0.244 e. The normalized spacial score (nSPS) is 19.8. The molecule has 1 aromatic carbocycles. The maximum atomic E-state index is 12.3. The fourth-order valence-electron chi connectivity index (χ4n) is 1.74. The van der Waals surface area contributed by atoms with Crippen molar-refractivity contribution in [3.63, 3.8) is 0 Å². The first-order chi connectivity index (χ1) is 9.29. The Morgan fingerprint density at radius 2 is 1.95 bits per heavy atom. The lowest BCUT2D eigenvalue weighted by Gasteiger charge is -2.22. The van der Waals surface area contributed by atoms with E-state index >= 15 is 0 Å². The monoisotopic (exact) mass is 424 g/mol. The van der Waals surface area contributed by atoms with E-state index < -0.39 is 27.9 Å². The summed E-state index contributed by atoms with van der Waals surface area (Å²) < 4.78 is 27.8. The van der Waals surface area contributed by atoms with Gasteiger partial charge in [0.25, 0.3) is 0 Å². The lowest BCUT2D eigenvalue weighted by atomic mass is 10.1. The predicted octanol–water partition coefficient (Wildman–Crippen LogP) is 1.30. The van der Waals surface area contributed by atoms with Gasteiger partial charge in [-0.3, -0.25) is 14.9 Å². The zero-order chi connectivity index (χ0) is 14.9. The molecule has 0 aromatic heterocycles. The van der Waals surface area contributed by atoms with E-state index in [2.05, 4.69) is 41.9 Å². The van der Waals surface area contributed by atoms with Crippen molar-refractivity contribution in [2.24, 2.45) is 0 Å². The van der Waals surface area contributed by atoms with Gasteiger partial charge in [-0.1, -0.05) is 15.9 Å². The largest absolute Gasteiger partial charge is 0.295 e. The first-order valence-electron chi connectivity index (χ1n) is 5.60. The summed E-state index contributed by atoms with van der Waals surface area (Å²) in [5.41, 5.74) is 0. The molecule has 1 aromatic rings. The number of hydrogen-bond donors (Lipinski definition) is 2. The summed E-state index contributed by atoms with van der Waals surface area (Å²) >= 11 is 6.36. The Bertz CT molecular complexity index is 675. The molecular formula is C11H10Br2N2O4S. The summed E-state index contributed by atoms with van der Waals surface area (Å²) in [5.74, 6) is -1.02. The van der Waals surface area contributed by atoms with Crippen LogP contribution in [0.2, 0.25) is 0 Å². The number of benzene rings is 1. The van der Waals surface area contributed by atoms with Gasteiger partial charge in [0.05, 0.1) is 4.90 Å². The number of carbonyl (C=O) groups excluding carboxylic acids is 2. The summed E-state index contributed by atoms with van der Waals surface area (Å²) in [7, 11) is -3.86. The molecule has 0 bridgehead atoms. The van der Waals surface area contributed by atoms with Crippen LogP contribution in [0.15, 0.2) is 32.0 Å². The molecule has 1 aliphatic heterocycles. The minimum Gasteiger partial charge on any atom is -0.295 e. The highest BCUT2D eigenvalue weighted by Gasteiger charge is 2.31. The molecule has 1 atom stereocenters. The van der Waals surface area contributed by atoms with Crippen LogP contribution in [0.3, 0.4) is 0 Å². The molecule has 0 saturated carbocycles. The van der Waals surface area contributed by atoms with E-state index in [1.807, 2.05) is 0 Å². The van der Waals surface area contributed by atoms with Crippen LogP contribution >= 0.6 is 31.9 Å². The van der Waals surface area contributed by atoms with Gasteiger partial charge in [0, 0.05) is 15.4 Å². The molecule has 20 heavy (non-hydrogen) atoms. The van der Waals surface area contributed by atoms with Crippen molar-refractivity contribution in [1.29, 1.82) is 0 Å². The van der Waals surface area contributed by atoms with Gasteiger partial charge in [-0.05, 0) is 40.5 Å². The van der Waals surface area contributed by atoms with Crippen molar-refractivity contribution < 1.29 is 18.0 Å². The average Bonchev–Trinajstić information content (AvgIpc) is 2.35. The first kappa shape index (κ1) is 15.6. The van der Waals surface area contributed by atoms with Crippen LogP contribution in [0, 0.1) is 0 Å². The van der Waals surface area contributed by atoms with Gasteiger partial charge in [-0.2, -0.15) is 4.72 Å². The van der Waals surface area contributed by atoms with E-state index in [4.69, 9.17) is 0 Å².